The number of rotatable bonds is 8. The van der Waals surface area contributed by atoms with Crippen molar-refractivity contribution in [3.63, 3.8) is 0 Å². The molecular formula is C21H29F3N2O5S. The molecule has 7 nitrogen and oxygen atoms in total. The van der Waals surface area contributed by atoms with Crippen molar-refractivity contribution in [1.29, 1.82) is 0 Å². The SMILES string of the molecule is CCOC(=O)[C@](NC(=O)CC(C)C)(Nc1sc2c(c1C(=O)OC)CCCCC2)C(F)(F)F. The first kappa shape index (κ1) is 26.0. The predicted octanol–water partition coefficient (Wildman–Crippen LogP) is 4.20. The normalized spacial score (nSPS) is 15.9. The van der Waals surface area contributed by atoms with Gasteiger partial charge in [0.15, 0.2) is 0 Å². The van der Waals surface area contributed by atoms with Gasteiger partial charge in [0, 0.05) is 11.3 Å². The van der Waals surface area contributed by atoms with Gasteiger partial charge in [0.25, 0.3) is 0 Å². The van der Waals surface area contributed by atoms with Gasteiger partial charge < -0.3 is 20.1 Å². The van der Waals surface area contributed by atoms with Crippen LogP contribution in [-0.2, 0) is 31.9 Å². The minimum Gasteiger partial charge on any atom is -0.465 e. The summed E-state index contributed by atoms with van der Waals surface area (Å²) in [5.41, 5.74) is -2.97. The average molecular weight is 479 g/mol. The molecule has 1 aliphatic carbocycles. The van der Waals surface area contributed by atoms with Crippen LogP contribution in [0.1, 0.15) is 67.3 Å². The number of anilines is 1. The molecule has 0 aromatic carbocycles. The highest BCUT2D eigenvalue weighted by molar-refractivity contribution is 7.16. The third-order valence-electron chi connectivity index (χ3n) is 5.04. The van der Waals surface area contributed by atoms with E-state index in [-0.39, 0.29) is 29.5 Å². The topological polar surface area (TPSA) is 93.7 Å². The second kappa shape index (κ2) is 10.5. The maximum atomic E-state index is 14.4. The number of nitrogens with one attached hydrogen (secondary N) is 2. The number of aryl methyl sites for hydroxylation is 1. The molecule has 0 saturated carbocycles. The number of carbonyl (C=O) groups excluding carboxylic acids is 3. The van der Waals surface area contributed by atoms with Crippen LogP contribution in [0.2, 0.25) is 0 Å². The zero-order valence-corrected chi connectivity index (χ0v) is 19.4. The van der Waals surface area contributed by atoms with E-state index in [0.29, 0.717) is 18.4 Å². The predicted molar refractivity (Wildman–Crippen MR) is 114 cm³/mol. The number of hydrogen-bond acceptors (Lipinski definition) is 7. The van der Waals surface area contributed by atoms with Crippen molar-refractivity contribution in [3.05, 3.63) is 16.0 Å². The van der Waals surface area contributed by atoms with Crippen LogP contribution >= 0.6 is 11.3 Å². The first-order valence-electron chi connectivity index (χ1n) is 10.5. The van der Waals surface area contributed by atoms with Gasteiger partial charge in [-0.25, -0.2) is 9.59 Å². The van der Waals surface area contributed by atoms with Crippen molar-refractivity contribution in [2.45, 2.75) is 71.1 Å². The largest absolute Gasteiger partial charge is 0.465 e. The van der Waals surface area contributed by atoms with Crippen molar-refractivity contribution in [1.82, 2.24) is 5.32 Å². The number of hydrogen-bond donors (Lipinski definition) is 2. The Balaban J connectivity index is 2.63. The van der Waals surface area contributed by atoms with Gasteiger partial charge in [-0.1, -0.05) is 20.3 Å². The number of fused-ring (bicyclic) bond motifs is 1. The summed E-state index contributed by atoms with van der Waals surface area (Å²) in [6.07, 6.45) is -1.84. The van der Waals surface area contributed by atoms with E-state index in [2.05, 4.69) is 5.32 Å². The van der Waals surface area contributed by atoms with E-state index in [1.165, 1.54) is 6.92 Å². The molecule has 1 heterocycles. The molecule has 32 heavy (non-hydrogen) atoms. The number of amides is 1. The van der Waals surface area contributed by atoms with E-state index in [0.717, 1.165) is 42.6 Å². The van der Waals surface area contributed by atoms with E-state index in [4.69, 9.17) is 9.47 Å². The van der Waals surface area contributed by atoms with E-state index < -0.39 is 29.7 Å². The molecule has 180 valence electrons. The molecular weight excluding hydrogens is 449 g/mol. The Morgan fingerprint density at radius 1 is 1.12 bits per heavy atom. The van der Waals surface area contributed by atoms with E-state index in [1.807, 2.05) is 5.32 Å². The molecule has 1 aromatic heterocycles. The first-order chi connectivity index (χ1) is 15.0. The van der Waals surface area contributed by atoms with Crippen molar-refractivity contribution in [2.75, 3.05) is 19.0 Å². The Morgan fingerprint density at radius 3 is 2.34 bits per heavy atom. The van der Waals surface area contributed by atoms with Crippen molar-refractivity contribution < 1.29 is 37.0 Å². The fourth-order valence-electron chi connectivity index (χ4n) is 3.58. The third-order valence-corrected chi connectivity index (χ3v) is 6.25. The van der Waals surface area contributed by atoms with Crippen molar-refractivity contribution in [2.24, 2.45) is 5.92 Å². The zero-order valence-electron chi connectivity index (χ0n) is 18.6. The second-order valence-electron chi connectivity index (χ2n) is 8.00. The Hall–Kier alpha value is -2.30. The Kier molecular flexibility index (Phi) is 8.55. The number of esters is 2. The fraction of sp³-hybridized carbons (Fsp3) is 0.667. The summed E-state index contributed by atoms with van der Waals surface area (Å²) in [6, 6.07) is 0. The number of halogens is 3. The number of alkyl halides is 3. The first-order valence-corrected chi connectivity index (χ1v) is 11.3. The maximum absolute atomic E-state index is 14.4. The summed E-state index contributed by atoms with van der Waals surface area (Å²) in [5, 5.41) is 3.80. The van der Waals surface area contributed by atoms with Crippen LogP contribution in [0.25, 0.3) is 0 Å². The summed E-state index contributed by atoms with van der Waals surface area (Å²) in [4.78, 5) is 38.3. The van der Waals surface area contributed by atoms with Gasteiger partial charge in [0.05, 0.1) is 19.3 Å². The molecule has 11 heteroatoms. The Labute approximate surface area is 189 Å². The molecule has 0 radical (unpaired) electrons. The molecule has 0 saturated heterocycles. The third kappa shape index (κ3) is 5.54. The summed E-state index contributed by atoms with van der Waals surface area (Å²) >= 11 is 0.967. The lowest BCUT2D eigenvalue weighted by Crippen LogP contribution is -2.69. The minimum absolute atomic E-state index is 0.0366. The molecule has 0 aliphatic heterocycles. The van der Waals surface area contributed by atoms with Gasteiger partial charge in [-0.05, 0) is 44.1 Å². The monoisotopic (exact) mass is 478 g/mol. The fourth-order valence-corrected chi connectivity index (χ4v) is 4.91. The van der Waals surface area contributed by atoms with Gasteiger partial charge in [-0.3, -0.25) is 4.79 Å². The van der Waals surface area contributed by atoms with Crippen LogP contribution in [0.4, 0.5) is 18.2 Å². The molecule has 0 fully saturated rings. The lowest BCUT2D eigenvalue weighted by Gasteiger charge is -2.35. The van der Waals surface area contributed by atoms with Gasteiger partial charge in [0.1, 0.15) is 5.00 Å². The molecule has 2 N–H and O–H groups in total. The lowest BCUT2D eigenvalue weighted by molar-refractivity contribution is -0.208. The summed E-state index contributed by atoms with van der Waals surface area (Å²) in [6.45, 7) is 4.36. The van der Waals surface area contributed by atoms with E-state index in [1.54, 1.807) is 13.8 Å². The highest BCUT2D eigenvalue weighted by Crippen LogP contribution is 2.42. The zero-order chi connectivity index (χ0) is 24.1. The maximum Gasteiger partial charge on any atom is 0.441 e. The van der Waals surface area contributed by atoms with Gasteiger partial charge in [-0.2, -0.15) is 13.2 Å². The van der Waals surface area contributed by atoms with Gasteiger partial charge >= 0.3 is 23.8 Å². The summed E-state index contributed by atoms with van der Waals surface area (Å²) < 4.78 is 52.8. The molecule has 1 atom stereocenters. The van der Waals surface area contributed by atoms with Gasteiger partial charge in [0.2, 0.25) is 5.91 Å². The quantitative estimate of drug-likeness (QED) is 0.331. The van der Waals surface area contributed by atoms with Crippen LogP contribution in [0.5, 0.6) is 0 Å². The molecule has 1 amide bonds. The molecule has 1 aliphatic rings. The van der Waals surface area contributed by atoms with Crippen LogP contribution in [0.15, 0.2) is 0 Å². The Morgan fingerprint density at radius 2 is 1.78 bits per heavy atom. The van der Waals surface area contributed by atoms with Crippen LogP contribution in [0, 0.1) is 5.92 Å². The summed E-state index contributed by atoms with van der Waals surface area (Å²) in [7, 11) is 1.14. The molecule has 1 aromatic rings. The number of ether oxygens (including phenoxy) is 2. The highest BCUT2D eigenvalue weighted by atomic mass is 32.1. The van der Waals surface area contributed by atoms with E-state index >= 15 is 0 Å². The van der Waals surface area contributed by atoms with Crippen molar-refractivity contribution >= 4 is 34.2 Å². The smallest absolute Gasteiger partial charge is 0.441 e. The van der Waals surface area contributed by atoms with Crippen LogP contribution in [0.3, 0.4) is 0 Å². The summed E-state index contributed by atoms with van der Waals surface area (Å²) in [5.74, 6) is -3.73. The Bertz CT molecular complexity index is 853. The van der Waals surface area contributed by atoms with Crippen LogP contribution < -0.4 is 10.6 Å². The molecule has 0 bridgehead atoms. The average Bonchev–Trinajstić information content (AvgIpc) is 2.85. The number of methoxy groups -OCH3 is 1. The van der Waals surface area contributed by atoms with Crippen molar-refractivity contribution in [3.8, 4) is 0 Å². The van der Waals surface area contributed by atoms with Gasteiger partial charge in [-0.15, -0.1) is 11.3 Å². The lowest BCUT2D eigenvalue weighted by atomic mass is 10.0. The van der Waals surface area contributed by atoms with E-state index in [9.17, 15) is 27.6 Å². The number of carbonyl (C=O) groups is 3. The van der Waals surface area contributed by atoms with Crippen LogP contribution in [-0.4, -0.2) is 43.4 Å². The second-order valence-corrected chi connectivity index (χ2v) is 9.10. The minimum atomic E-state index is -5.26. The molecule has 2 rings (SSSR count). The number of thiophene rings is 1. The molecule has 0 spiro atoms. The highest BCUT2D eigenvalue weighted by Gasteiger charge is 2.64. The standard InChI is InChI=1S/C21H29F3N2O5S/c1-5-31-19(29)20(21(22,23)24,25-15(27)11-12(2)3)26-17-16(18(28)30-4)13-9-7-6-8-10-14(13)32-17/h12,26H,5-11H2,1-4H3,(H,25,27)/t20-/m0/s1. The molecule has 0 unspecified atom stereocenters.